The van der Waals surface area contributed by atoms with E-state index in [1.54, 1.807) is 0 Å². The van der Waals surface area contributed by atoms with Crippen LogP contribution in [0.2, 0.25) is 0 Å². The minimum atomic E-state index is 0.851. The van der Waals surface area contributed by atoms with Crippen molar-refractivity contribution in [2.45, 2.75) is 26.2 Å². The van der Waals surface area contributed by atoms with Gasteiger partial charge in [-0.15, -0.1) is 11.3 Å². The highest BCUT2D eigenvalue weighted by Crippen LogP contribution is 2.37. The van der Waals surface area contributed by atoms with Crippen molar-refractivity contribution in [2.24, 2.45) is 11.8 Å². The lowest BCUT2D eigenvalue weighted by molar-refractivity contribution is 0.172. The van der Waals surface area contributed by atoms with Gasteiger partial charge in [0.2, 0.25) is 0 Å². The zero-order valence-corrected chi connectivity index (χ0v) is 11.7. The molecule has 2 aromatic rings. The fourth-order valence-electron chi connectivity index (χ4n) is 2.74. The zero-order chi connectivity index (χ0) is 12.4. The van der Waals surface area contributed by atoms with Gasteiger partial charge in [-0.05, 0) is 49.9 Å². The quantitative estimate of drug-likeness (QED) is 0.890. The van der Waals surface area contributed by atoms with Crippen molar-refractivity contribution in [3.8, 4) is 0 Å². The van der Waals surface area contributed by atoms with Gasteiger partial charge in [-0.2, -0.15) is 0 Å². The van der Waals surface area contributed by atoms with Gasteiger partial charge >= 0.3 is 0 Å². The molecule has 1 aliphatic carbocycles. The maximum atomic E-state index is 4.75. The Kier molecular flexibility index (Phi) is 3.62. The summed E-state index contributed by atoms with van der Waals surface area (Å²) in [7, 11) is 0. The van der Waals surface area contributed by atoms with Crippen molar-refractivity contribution < 1.29 is 0 Å². The van der Waals surface area contributed by atoms with Gasteiger partial charge < -0.3 is 5.32 Å². The first-order valence-electron chi connectivity index (χ1n) is 6.92. The maximum Gasteiger partial charge on any atom is 0.0941 e. The average molecular weight is 260 g/mol. The molecular formula is C15H20N2S. The summed E-state index contributed by atoms with van der Waals surface area (Å²) in [5.41, 5.74) is 1.17. The van der Waals surface area contributed by atoms with Crippen LogP contribution < -0.4 is 5.32 Å². The van der Waals surface area contributed by atoms with Crippen molar-refractivity contribution >= 4 is 21.6 Å². The monoisotopic (exact) mass is 260 g/mol. The lowest BCUT2D eigenvalue weighted by Gasteiger charge is -2.36. The second kappa shape index (κ2) is 5.37. The maximum absolute atomic E-state index is 4.75. The molecule has 96 valence electrons. The van der Waals surface area contributed by atoms with E-state index in [4.69, 9.17) is 4.98 Å². The number of thiazole rings is 1. The second-order valence-electron chi connectivity index (χ2n) is 5.18. The van der Waals surface area contributed by atoms with Gasteiger partial charge in [-0.25, -0.2) is 4.98 Å². The van der Waals surface area contributed by atoms with E-state index in [2.05, 4.69) is 36.5 Å². The molecule has 0 radical (unpaired) electrons. The summed E-state index contributed by atoms with van der Waals surface area (Å²) in [5.74, 6) is 1.72. The summed E-state index contributed by atoms with van der Waals surface area (Å²) < 4.78 is 1.33. The minimum absolute atomic E-state index is 0.851. The van der Waals surface area contributed by atoms with E-state index >= 15 is 0 Å². The Bertz CT molecular complexity index is 487. The van der Waals surface area contributed by atoms with Crippen LogP contribution in [-0.4, -0.2) is 18.1 Å². The highest BCUT2D eigenvalue weighted by Gasteiger charge is 2.30. The molecule has 0 amide bonds. The van der Waals surface area contributed by atoms with E-state index in [-0.39, 0.29) is 0 Å². The molecule has 3 rings (SSSR count). The number of fused-ring (bicyclic) bond motifs is 1. The van der Waals surface area contributed by atoms with Crippen LogP contribution in [0.4, 0.5) is 0 Å². The zero-order valence-electron chi connectivity index (χ0n) is 10.9. The molecule has 18 heavy (non-hydrogen) atoms. The van der Waals surface area contributed by atoms with E-state index in [9.17, 15) is 0 Å². The van der Waals surface area contributed by atoms with Gasteiger partial charge in [0.25, 0.3) is 0 Å². The predicted octanol–water partition coefficient (Wildman–Crippen LogP) is 3.47. The molecule has 1 aliphatic rings. The normalized spacial score (nSPS) is 23.2. The molecule has 1 N–H and O–H groups in total. The number of nitrogens with zero attached hydrogens (tertiary/aromatic N) is 1. The van der Waals surface area contributed by atoms with Crippen molar-refractivity contribution in [3.05, 3.63) is 29.3 Å². The number of nitrogens with one attached hydrogen (secondary N) is 1. The molecule has 2 unspecified atom stereocenters. The smallest absolute Gasteiger partial charge is 0.0941 e. The minimum Gasteiger partial charge on any atom is -0.317 e. The van der Waals surface area contributed by atoms with E-state index < -0.39 is 0 Å². The van der Waals surface area contributed by atoms with Crippen LogP contribution in [0.3, 0.4) is 0 Å². The molecule has 0 spiro atoms. The summed E-state index contributed by atoms with van der Waals surface area (Å²) in [5, 5.41) is 4.80. The first-order chi connectivity index (χ1) is 8.86. The van der Waals surface area contributed by atoms with Gasteiger partial charge in [0.05, 0.1) is 15.2 Å². The SMILES string of the molecule is CCNCC1CCC1Cc1nc2ccccc2s1. The molecular weight excluding hydrogens is 240 g/mol. The standard InChI is InChI=1S/C15H20N2S/c1-2-16-10-12-8-7-11(12)9-15-17-13-5-3-4-6-14(13)18-15/h3-6,11-12,16H,2,7-10H2,1H3. The van der Waals surface area contributed by atoms with Crippen molar-refractivity contribution in [2.75, 3.05) is 13.1 Å². The summed E-state index contributed by atoms with van der Waals surface area (Å²) in [6.07, 6.45) is 3.95. The molecule has 2 nitrogen and oxygen atoms in total. The van der Waals surface area contributed by atoms with Gasteiger partial charge in [0.1, 0.15) is 0 Å². The number of aromatic nitrogens is 1. The van der Waals surface area contributed by atoms with Gasteiger partial charge in [-0.3, -0.25) is 0 Å². The Hall–Kier alpha value is -0.930. The lowest BCUT2D eigenvalue weighted by atomic mass is 9.72. The number of hydrogen-bond donors (Lipinski definition) is 1. The lowest BCUT2D eigenvalue weighted by Crippen LogP contribution is -2.36. The molecule has 3 heteroatoms. The third-order valence-electron chi connectivity index (χ3n) is 4.01. The largest absolute Gasteiger partial charge is 0.317 e. The number of benzene rings is 1. The predicted molar refractivity (Wildman–Crippen MR) is 78.1 cm³/mol. The molecule has 0 aliphatic heterocycles. The Morgan fingerprint density at radius 3 is 2.83 bits per heavy atom. The van der Waals surface area contributed by atoms with E-state index in [0.29, 0.717) is 0 Å². The van der Waals surface area contributed by atoms with Gasteiger partial charge in [0, 0.05) is 6.42 Å². The van der Waals surface area contributed by atoms with Gasteiger partial charge in [0.15, 0.2) is 0 Å². The van der Waals surface area contributed by atoms with Crippen LogP contribution in [0.5, 0.6) is 0 Å². The van der Waals surface area contributed by atoms with Gasteiger partial charge in [-0.1, -0.05) is 19.1 Å². The molecule has 1 aromatic carbocycles. The highest BCUT2D eigenvalue weighted by molar-refractivity contribution is 7.18. The van der Waals surface area contributed by atoms with Crippen LogP contribution in [0.1, 0.15) is 24.8 Å². The third-order valence-corrected chi connectivity index (χ3v) is 5.07. The third kappa shape index (κ3) is 2.43. The van der Waals surface area contributed by atoms with E-state index in [1.165, 1.54) is 41.0 Å². The summed E-state index contributed by atoms with van der Waals surface area (Å²) >= 11 is 1.87. The van der Waals surface area contributed by atoms with Crippen molar-refractivity contribution in [1.82, 2.24) is 10.3 Å². The molecule has 1 heterocycles. The second-order valence-corrected chi connectivity index (χ2v) is 6.30. The topological polar surface area (TPSA) is 24.9 Å². The Balaban J connectivity index is 1.65. The van der Waals surface area contributed by atoms with E-state index in [1.807, 2.05) is 11.3 Å². The molecule has 1 fully saturated rings. The van der Waals surface area contributed by atoms with Crippen LogP contribution >= 0.6 is 11.3 Å². The molecule has 0 bridgehead atoms. The van der Waals surface area contributed by atoms with E-state index in [0.717, 1.165) is 18.4 Å². The molecule has 0 saturated heterocycles. The summed E-state index contributed by atoms with van der Waals surface area (Å²) in [4.78, 5) is 4.75. The van der Waals surface area contributed by atoms with Crippen LogP contribution in [0.25, 0.3) is 10.2 Å². The Morgan fingerprint density at radius 1 is 1.28 bits per heavy atom. The van der Waals surface area contributed by atoms with Crippen molar-refractivity contribution in [3.63, 3.8) is 0 Å². The highest BCUT2D eigenvalue weighted by atomic mass is 32.1. The fraction of sp³-hybridized carbons (Fsp3) is 0.533. The van der Waals surface area contributed by atoms with Crippen molar-refractivity contribution in [1.29, 1.82) is 0 Å². The summed E-state index contributed by atoms with van der Waals surface area (Å²) in [6.45, 7) is 4.46. The van der Waals surface area contributed by atoms with Crippen LogP contribution in [0.15, 0.2) is 24.3 Å². The Morgan fingerprint density at radius 2 is 2.11 bits per heavy atom. The fourth-order valence-corrected chi connectivity index (χ4v) is 3.80. The number of hydrogen-bond acceptors (Lipinski definition) is 3. The first kappa shape index (κ1) is 12.1. The van der Waals surface area contributed by atoms with Crippen LogP contribution in [0, 0.1) is 11.8 Å². The Labute approximate surface area is 112 Å². The number of para-hydroxylation sites is 1. The molecule has 1 aromatic heterocycles. The number of rotatable bonds is 5. The molecule has 1 saturated carbocycles. The average Bonchev–Trinajstić information content (AvgIpc) is 2.77. The first-order valence-corrected chi connectivity index (χ1v) is 7.73. The van der Waals surface area contributed by atoms with Crippen LogP contribution in [-0.2, 0) is 6.42 Å². The summed E-state index contributed by atoms with van der Waals surface area (Å²) in [6, 6.07) is 8.46. The molecule has 2 atom stereocenters.